The summed E-state index contributed by atoms with van der Waals surface area (Å²) in [7, 11) is 2.22. The molecule has 118 valence electrons. The Morgan fingerprint density at radius 3 is 2.45 bits per heavy atom. The van der Waals surface area contributed by atoms with Crippen LogP contribution in [0.4, 0.5) is 0 Å². The first-order valence-electron chi connectivity index (χ1n) is 8.03. The summed E-state index contributed by atoms with van der Waals surface area (Å²) in [6, 6.07) is 11.0. The molecule has 3 rings (SSSR count). The van der Waals surface area contributed by atoms with E-state index < -0.39 is 0 Å². The molecule has 1 heterocycles. The Balaban J connectivity index is 1.67. The fourth-order valence-electron chi connectivity index (χ4n) is 3.67. The van der Waals surface area contributed by atoms with Gasteiger partial charge in [0, 0.05) is 25.0 Å². The van der Waals surface area contributed by atoms with Gasteiger partial charge in [-0.1, -0.05) is 44.2 Å². The summed E-state index contributed by atoms with van der Waals surface area (Å²) >= 11 is 0. The van der Waals surface area contributed by atoms with Crippen molar-refractivity contribution in [1.29, 1.82) is 0 Å². The number of nitrogens with zero attached hydrogens (tertiary/aromatic N) is 4. The van der Waals surface area contributed by atoms with Crippen LogP contribution in [0.2, 0.25) is 0 Å². The van der Waals surface area contributed by atoms with E-state index in [9.17, 15) is 0 Å². The molecule has 4 heteroatoms. The van der Waals surface area contributed by atoms with Crippen molar-refractivity contribution in [1.82, 2.24) is 19.7 Å². The molecule has 0 bridgehead atoms. The second-order valence-electron chi connectivity index (χ2n) is 7.32. The fraction of sp³-hybridized carbons (Fsp3) is 0.556. The molecule has 4 nitrogen and oxygen atoms in total. The van der Waals surface area contributed by atoms with Gasteiger partial charge in [0.15, 0.2) is 0 Å². The van der Waals surface area contributed by atoms with Crippen LogP contribution in [0, 0.1) is 12.3 Å². The van der Waals surface area contributed by atoms with Gasteiger partial charge >= 0.3 is 0 Å². The molecule has 1 saturated carbocycles. The van der Waals surface area contributed by atoms with Gasteiger partial charge in [0.05, 0.1) is 0 Å². The number of likely N-dealkylation sites (N-methyl/N-ethyl adjacent to an activating group) is 1. The van der Waals surface area contributed by atoms with Crippen molar-refractivity contribution in [3.63, 3.8) is 0 Å². The number of aromatic nitrogens is 3. The highest BCUT2D eigenvalue weighted by atomic mass is 15.3. The van der Waals surface area contributed by atoms with Gasteiger partial charge in [-0.15, -0.1) is 10.2 Å². The molecular weight excluding hydrogens is 272 g/mol. The van der Waals surface area contributed by atoms with Crippen LogP contribution in [-0.4, -0.2) is 39.8 Å². The number of aryl methyl sites for hydroxylation is 1. The van der Waals surface area contributed by atoms with Crippen LogP contribution in [0.25, 0.3) is 0 Å². The second-order valence-corrected chi connectivity index (χ2v) is 7.32. The Morgan fingerprint density at radius 1 is 1.23 bits per heavy atom. The first kappa shape index (κ1) is 15.2. The number of hydrogen-bond donors (Lipinski definition) is 0. The van der Waals surface area contributed by atoms with E-state index in [1.54, 1.807) is 0 Å². The van der Waals surface area contributed by atoms with Crippen LogP contribution in [0.3, 0.4) is 0 Å². The highest BCUT2D eigenvalue weighted by molar-refractivity contribution is 5.37. The van der Waals surface area contributed by atoms with Crippen molar-refractivity contribution in [3.05, 3.63) is 48.0 Å². The van der Waals surface area contributed by atoms with Crippen LogP contribution < -0.4 is 0 Å². The Kier molecular flexibility index (Phi) is 3.81. The van der Waals surface area contributed by atoms with E-state index in [0.717, 1.165) is 25.5 Å². The highest BCUT2D eigenvalue weighted by Gasteiger charge is 2.61. The molecule has 0 amide bonds. The summed E-state index contributed by atoms with van der Waals surface area (Å²) < 4.78 is 2.11. The summed E-state index contributed by atoms with van der Waals surface area (Å²) in [6.07, 6.45) is 3.08. The van der Waals surface area contributed by atoms with E-state index in [1.807, 2.05) is 13.3 Å². The number of rotatable bonds is 6. The molecule has 1 aromatic carbocycles. The van der Waals surface area contributed by atoms with Gasteiger partial charge in [0.25, 0.3) is 0 Å². The van der Waals surface area contributed by atoms with Crippen molar-refractivity contribution < 1.29 is 0 Å². The SMILES string of the molecule is Cc1nncn1CCN(C)C[C@@]1(c2ccccc2)CC1(C)C. The van der Waals surface area contributed by atoms with Crippen LogP contribution >= 0.6 is 0 Å². The molecule has 0 aliphatic heterocycles. The third-order valence-corrected chi connectivity index (χ3v) is 5.31. The zero-order chi connectivity index (χ0) is 15.8. The maximum atomic E-state index is 4.05. The Bertz CT molecular complexity index is 632. The summed E-state index contributed by atoms with van der Waals surface area (Å²) in [4.78, 5) is 2.45. The zero-order valence-electron chi connectivity index (χ0n) is 14.1. The lowest BCUT2D eigenvalue weighted by Crippen LogP contribution is -2.34. The lowest BCUT2D eigenvalue weighted by atomic mass is 9.87. The highest BCUT2D eigenvalue weighted by Crippen LogP contribution is 2.64. The van der Waals surface area contributed by atoms with E-state index >= 15 is 0 Å². The average Bonchev–Trinajstić information content (AvgIpc) is 2.82. The molecule has 1 atom stereocenters. The van der Waals surface area contributed by atoms with E-state index in [1.165, 1.54) is 12.0 Å². The predicted molar refractivity (Wildman–Crippen MR) is 88.8 cm³/mol. The van der Waals surface area contributed by atoms with Crippen molar-refractivity contribution in [3.8, 4) is 0 Å². The monoisotopic (exact) mass is 298 g/mol. The Hall–Kier alpha value is -1.68. The van der Waals surface area contributed by atoms with Crippen molar-refractivity contribution >= 4 is 0 Å². The first-order valence-corrected chi connectivity index (χ1v) is 8.03. The quantitative estimate of drug-likeness (QED) is 0.822. The molecule has 0 saturated heterocycles. The topological polar surface area (TPSA) is 34.0 Å². The molecule has 0 N–H and O–H groups in total. The number of benzene rings is 1. The molecule has 0 radical (unpaired) electrons. The molecule has 0 unspecified atom stereocenters. The smallest absolute Gasteiger partial charge is 0.129 e. The van der Waals surface area contributed by atoms with Gasteiger partial charge in [0.1, 0.15) is 12.2 Å². The third-order valence-electron chi connectivity index (χ3n) is 5.31. The fourth-order valence-corrected chi connectivity index (χ4v) is 3.67. The average molecular weight is 298 g/mol. The van der Waals surface area contributed by atoms with Gasteiger partial charge in [0.2, 0.25) is 0 Å². The van der Waals surface area contributed by atoms with Gasteiger partial charge in [-0.2, -0.15) is 0 Å². The summed E-state index contributed by atoms with van der Waals surface area (Å²) in [5.74, 6) is 0.984. The second kappa shape index (κ2) is 5.51. The maximum absolute atomic E-state index is 4.05. The van der Waals surface area contributed by atoms with E-state index in [-0.39, 0.29) is 0 Å². The third kappa shape index (κ3) is 2.68. The normalized spacial score (nSPS) is 23.0. The van der Waals surface area contributed by atoms with Gasteiger partial charge in [-0.25, -0.2) is 0 Å². The molecule has 2 aromatic rings. The van der Waals surface area contributed by atoms with Crippen molar-refractivity contribution in [2.75, 3.05) is 20.1 Å². The minimum Gasteiger partial charge on any atom is -0.317 e. The van der Waals surface area contributed by atoms with Crippen LogP contribution in [0.5, 0.6) is 0 Å². The van der Waals surface area contributed by atoms with E-state index in [2.05, 4.69) is 70.9 Å². The zero-order valence-corrected chi connectivity index (χ0v) is 14.1. The van der Waals surface area contributed by atoms with Crippen LogP contribution in [0.15, 0.2) is 36.7 Å². The molecule has 1 fully saturated rings. The van der Waals surface area contributed by atoms with Crippen molar-refractivity contribution in [2.24, 2.45) is 5.41 Å². The summed E-state index contributed by atoms with van der Waals surface area (Å²) in [5.41, 5.74) is 2.16. The largest absolute Gasteiger partial charge is 0.317 e. The van der Waals surface area contributed by atoms with Crippen molar-refractivity contribution in [2.45, 2.75) is 39.2 Å². The Morgan fingerprint density at radius 2 is 1.91 bits per heavy atom. The molecule has 1 aliphatic carbocycles. The predicted octanol–water partition coefficient (Wildman–Crippen LogP) is 2.89. The van der Waals surface area contributed by atoms with Crippen LogP contribution in [-0.2, 0) is 12.0 Å². The first-order chi connectivity index (χ1) is 10.4. The minimum absolute atomic E-state index is 0.297. The molecule has 1 aromatic heterocycles. The summed E-state index contributed by atoms with van der Waals surface area (Å²) in [5, 5.41) is 8.00. The standard InChI is InChI=1S/C18H26N4/c1-15-20-19-14-22(15)11-10-21(4)13-18(12-17(18,2)3)16-8-6-5-7-9-16/h5-9,14H,10-13H2,1-4H3/t18-/m1/s1. The van der Waals surface area contributed by atoms with E-state index in [0.29, 0.717) is 10.8 Å². The molecule has 1 aliphatic rings. The summed E-state index contributed by atoms with van der Waals surface area (Å²) in [6.45, 7) is 9.84. The van der Waals surface area contributed by atoms with Gasteiger partial charge < -0.3 is 9.47 Å². The molecular formula is C18H26N4. The molecule has 0 spiro atoms. The maximum Gasteiger partial charge on any atom is 0.129 e. The van der Waals surface area contributed by atoms with Gasteiger partial charge in [-0.3, -0.25) is 0 Å². The molecule has 22 heavy (non-hydrogen) atoms. The van der Waals surface area contributed by atoms with Gasteiger partial charge in [-0.05, 0) is 31.4 Å². The lowest BCUT2D eigenvalue weighted by molar-refractivity contribution is 0.268. The number of hydrogen-bond acceptors (Lipinski definition) is 3. The van der Waals surface area contributed by atoms with Crippen LogP contribution in [0.1, 0.15) is 31.7 Å². The minimum atomic E-state index is 0.297. The lowest BCUT2D eigenvalue weighted by Gasteiger charge is -2.27. The Labute approximate surface area is 133 Å². The van der Waals surface area contributed by atoms with E-state index in [4.69, 9.17) is 0 Å².